The third-order valence-corrected chi connectivity index (χ3v) is 1.76. The van der Waals surface area contributed by atoms with Crippen LogP contribution in [0.25, 0.3) is 0 Å². The molecular formula is C6H13N3O. The van der Waals surface area contributed by atoms with E-state index in [1.807, 2.05) is 5.43 Å². The number of nitrogens with one attached hydrogen (secondary N) is 1. The van der Waals surface area contributed by atoms with E-state index in [-0.39, 0.29) is 5.91 Å². The summed E-state index contributed by atoms with van der Waals surface area (Å²) < 4.78 is 0. The van der Waals surface area contributed by atoms with Gasteiger partial charge in [0.05, 0.1) is 6.04 Å². The Labute approximate surface area is 59.9 Å². The number of hydrogen-bond donors (Lipinski definition) is 3. The van der Waals surface area contributed by atoms with Crippen molar-refractivity contribution in [2.45, 2.75) is 25.3 Å². The number of hydrogen-bond acceptors (Lipinski definition) is 3. The van der Waals surface area contributed by atoms with Crippen molar-refractivity contribution in [1.29, 1.82) is 0 Å². The largest absolute Gasteiger partial charge is 0.320 e. The van der Waals surface area contributed by atoms with Crippen LogP contribution in [0.5, 0.6) is 0 Å². The fraction of sp³-hybridized carbons (Fsp3) is 0.833. The number of hydrazine groups is 1. The molecule has 0 saturated heterocycles. The Kier molecular flexibility index (Phi) is 2.24. The molecule has 0 unspecified atom stereocenters. The molecule has 1 fully saturated rings. The van der Waals surface area contributed by atoms with Gasteiger partial charge >= 0.3 is 0 Å². The summed E-state index contributed by atoms with van der Waals surface area (Å²) in [6.45, 7) is 0. The van der Waals surface area contributed by atoms with E-state index in [4.69, 9.17) is 11.6 Å². The lowest BCUT2D eigenvalue weighted by Gasteiger charge is -2.07. The van der Waals surface area contributed by atoms with Crippen LogP contribution >= 0.6 is 0 Å². The van der Waals surface area contributed by atoms with Crippen molar-refractivity contribution in [3.63, 3.8) is 0 Å². The molecule has 1 aliphatic rings. The number of nitrogens with two attached hydrogens (primary N) is 2. The molecule has 4 heteroatoms. The van der Waals surface area contributed by atoms with Crippen molar-refractivity contribution in [3.8, 4) is 0 Å². The number of amides is 1. The summed E-state index contributed by atoms with van der Waals surface area (Å²) in [6.07, 6.45) is 3.21. The molecule has 0 aromatic heterocycles. The van der Waals surface area contributed by atoms with Crippen LogP contribution in [0.1, 0.15) is 19.3 Å². The Balaban J connectivity index is 2.18. The number of carbonyl (C=O) groups excluding carboxylic acids is 1. The Morgan fingerprint density at radius 2 is 2.30 bits per heavy atom. The van der Waals surface area contributed by atoms with Crippen molar-refractivity contribution in [3.05, 3.63) is 0 Å². The van der Waals surface area contributed by atoms with Gasteiger partial charge in [-0.3, -0.25) is 10.2 Å². The van der Waals surface area contributed by atoms with Crippen LogP contribution in [-0.2, 0) is 4.79 Å². The fourth-order valence-corrected chi connectivity index (χ4v) is 0.927. The third-order valence-electron chi connectivity index (χ3n) is 1.76. The maximum Gasteiger partial charge on any atom is 0.250 e. The first-order chi connectivity index (χ1) is 4.74. The summed E-state index contributed by atoms with van der Waals surface area (Å²) in [4.78, 5) is 10.7. The minimum atomic E-state index is -0.405. The number of carbonyl (C=O) groups is 1. The standard InChI is InChI=1S/C6H13N3O/c7-5(6(10)9-8)3-4-1-2-4/h4-5H,1-3,7-8H2,(H,9,10)/t5-/m0/s1. The van der Waals surface area contributed by atoms with Gasteiger partial charge in [0.2, 0.25) is 0 Å². The van der Waals surface area contributed by atoms with Gasteiger partial charge in [-0.2, -0.15) is 0 Å². The Hall–Kier alpha value is -0.610. The molecular weight excluding hydrogens is 130 g/mol. The first-order valence-electron chi connectivity index (χ1n) is 3.50. The summed E-state index contributed by atoms with van der Waals surface area (Å²) >= 11 is 0. The maximum atomic E-state index is 10.7. The quantitative estimate of drug-likeness (QED) is 0.272. The Morgan fingerprint density at radius 3 is 2.70 bits per heavy atom. The van der Waals surface area contributed by atoms with Crippen molar-refractivity contribution in [2.75, 3.05) is 0 Å². The maximum absolute atomic E-state index is 10.7. The summed E-state index contributed by atoms with van der Waals surface area (Å²) in [5, 5.41) is 0. The van der Waals surface area contributed by atoms with Crippen LogP contribution in [0.2, 0.25) is 0 Å². The normalized spacial score (nSPS) is 20.2. The molecule has 0 aliphatic heterocycles. The van der Waals surface area contributed by atoms with E-state index in [1.54, 1.807) is 0 Å². The molecule has 0 aromatic rings. The first kappa shape index (κ1) is 7.50. The van der Waals surface area contributed by atoms with E-state index >= 15 is 0 Å². The second-order valence-electron chi connectivity index (χ2n) is 2.79. The highest BCUT2D eigenvalue weighted by Gasteiger charge is 2.26. The second kappa shape index (κ2) is 2.98. The topological polar surface area (TPSA) is 81.1 Å². The summed E-state index contributed by atoms with van der Waals surface area (Å²) in [5.74, 6) is 5.31. The lowest BCUT2D eigenvalue weighted by molar-refractivity contribution is -0.122. The predicted molar refractivity (Wildman–Crippen MR) is 37.6 cm³/mol. The van der Waals surface area contributed by atoms with Gasteiger partial charge in [-0.1, -0.05) is 12.8 Å². The highest BCUT2D eigenvalue weighted by Crippen LogP contribution is 2.32. The van der Waals surface area contributed by atoms with Crippen molar-refractivity contribution in [1.82, 2.24) is 5.43 Å². The lowest BCUT2D eigenvalue weighted by Crippen LogP contribution is -2.44. The van der Waals surface area contributed by atoms with E-state index in [9.17, 15) is 4.79 Å². The van der Waals surface area contributed by atoms with Crippen molar-refractivity contribution < 1.29 is 4.79 Å². The zero-order valence-electron chi connectivity index (χ0n) is 5.84. The molecule has 4 nitrogen and oxygen atoms in total. The Bertz CT molecular complexity index is 133. The SMILES string of the molecule is NNC(=O)[C@@H](N)CC1CC1. The fourth-order valence-electron chi connectivity index (χ4n) is 0.927. The van der Waals surface area contributed by atoms with Crippen LogP contribution in [-0.4, -0.2) is 11.9 Å². The molecule has 1 amide bonds. The summed E-state index contributed by atoms with van der Waals surface area (Å²) in [5.41, 5.74) is 7.51. The van der Waals surface area contributed by atoms with Gasteiger partial charge in [-0.15, -0.1) is 0 Å². The molecule has 58 valence electrons. The van der Waals surface area contributed by atoms with Crippen molar-refractivity contribution in [2.24, 2.45) is 17.5 Å². The molecule has 1 aliphatic carbocycles. The molecule has 0 aromatic carbocycles. The lowest BCUT2D eigenvalue weighted by atomic mass is 10.1. The van der Waals surface area contributed by atoms with Gasteiger partial charge in [-0.25, -0.2) is 5.84 Å². The molecule has 0 radical (unpaired) electrons. The zero-order valence-corrected chi connectivity index (χ0v) is 5.84. The monoisotopic (exact) mass is 143 g/mol. The molecule has 0 spiro atoms. The minimum Gasteiger partial charge on any atom is -0.320 e. The van der Waals surface area contributed by atoms with E-state index in [0.717, 1.165) is 6.42 Å². The molecule has 0 bridgehead atoms. The van der Waals surface area contributed by atoms with Gasteiger partial charge in [0.15, 0.2) is 0 Å². The van der Waals surface area contributed by atoms with Gasteiger partial charge in [0.25, 0.3) is 5.91 Å². The third kappa shape index (κ3) is 1.97. The average Bonchev–Trinajstić information content (AvgIpc) is 2.70. The van der Waals surface area contributed by atoms with Gasteiger partial charge in [-0.05, 0) is 12.3 Å². The van der Waals surface area contributed by atoms with Crippen LogP contribution in [0.4, 0.5) is 0 Å². The molecule has 1 atom stereocenters. The minimum absolute atomic E-state index is 0.258. The highest BCUT2D eigenvalue weighted by atomic mass is 16.2. The van der Waals surface area contributed by atoms with Crippen LogP contribution in [0.3, 0.4) is 0 Å². The molecule has 1 rings (SSSR count). The Morgan fingerprint density at radius 1 is 1.70 bits per heavy atom. The first-order valence-corrected chi connectivity index (χ1v) is 3.50. The smallest absolute Gasteiger partial charge is 0.250 e. The molecule has 5 N–H and O–H groups in total. The molecule has 0 heterocycles. The summed E-state index contributed by atoms with van der Waals surface area (Å²) in [6, 6.07) is -0.405. The van der Waals surface area contributed by atoms with Crippen LogP contribution in [0, 0.1) is 5.92 Å². The van der Waals surface area contributed by atoms with Crippen LogP contribution in [0.15, 0.2) is 0 Å². The van der Waals surface area contributed by atoms with E-state index in [0.29, 0.717) is 5.92 Å². The predicted octanol–water partition coefficient (Wildman–Crippen LogP) is -0.896. The van der Waals surface area contributed by atoms with Gasteiger partial charge < -0.3 is 5.73 Å². The average molecular weight is 143 g/mol. The van der Waals surface area contributed by atoms with Gasteiger partial charge in [0.1, 0.15) is 0 Å². The van der Waals surface area contributed by atoms with E-state index in [2.05, 4.69) is 0 Å². The zero-order chi connectivity index (χ0) is 7.56. The van der Waals surface area contributed by atoms with Gasteiger partial charge in [0, 0.05) is 0 Å². The van der Waals surface area contributed by atoms with Crippen molar-refractivity contribution >= 4 is 5.91 Å². The van der Waals surface area contributed by atoms with E-state index in [1.165, 1.54) is 12.8 Å². The molecule has 1 saturated carbocycles. The van der Waals surface area contributed by atoms with E-state index < -0.39 is 6.04 Å². The molecule has 10 heavy (non-hydrogen) atoms. The number of rotatable bonds is 3. The summed E-state index contributed by atoms with van der Waals surface area (Å²) in [7, 11) is 0. The highest BCUT2D eigenvalue weighted by molar-refractivity contribution is 5.80. The van der Waals surface area contributed by atoms with Crippen LogP contribution < -0.4 is 17.0 Å². The second-order valence-corrected chi connectivity index (χ2v) is 2.79.